The summed E-state index contributed by atoms with van der Waals surface area (Å²) in [5.41, 5.74) is 0. The number of carbonyl (C=O) groups excluding carboxylic acids is 1. The fourth-order valence-electron chi connectivity index (χ4n) is 2.65. The van der Waals surface area contributed by atoms with E-state index in [-0.39, 0.29) is 5.91 Å². The number of piperazine rings is 1. The van der Waals surface area contributed by atoms with Crippen LogP contribution in [-0.4, -0.2) is 66.1 Å². The maximum atomic E-state index is 11.8. The smallest absolute Gasteiger partial charge is 0.234 e. The molecule has 3 rings (SSSR count). The monoisotopic (exact) mass is 309 g/mol. The van der Waals surface area contributed by atoms with Crippen molar-refractivity contribution in [3.05, 3.63) is 22.4 Å². The molecule has 2 fully saturated rings. The number of aliphatic hydroxyl groups is 1. The lowest BCUT2D eigenvalue weighted by Crippen LogP contribution is -2.50. The molecule has 6 heteroatoms. The zero-order chi connectivity index (χ0) is 14.7. The number of thiophene rings is 1. The van der Waals surface area contributed by atoms with Crippen LogP contribution in [0.25, 0.3) is 0 Å². The maximum absolute atomic E-state index is 11.8. The number of carbonyl (C=O) groups is 1. The number of nitrogens with one attached hydrogen (secondary N) is 1. The summed E-state index contributed by atoms with van der Waals surface area (Å²) in [5.74, 6) is 0.157. The molecule has 116 valence electrons. The summed E-state index contributed by atoms with van der Waals surface area (Å²) in [6, 6.07) is 4.40. The van der Waals surface area contributed by atoms with Crippen molar-refractivity contribution in [3.8, 4) is 0 Å². The van der Waals surface area contributed by atoms with Crippen LogP contribution in [0.5, 0.6) is 0 Å². The van der Waals surface area contributed by atoms with E-state index in [2.05, 4.69) is 15.1 Å². The van der Waals surface area contributed by atoms with Gasteiger partial charge in [0.25, 0.3) is 0 Å². The molecule has 0 spiro atoms. The highest BCUT2D eigenvalue weighted by Gasteiger charge is 2.25. The first-order valence-corrected chi connectivity index (χ1v) is 8.54. The largest absolute Gasteiger partial charge is 0.386 e. The van der Waals surface area contributed by atoms with Crippen LogP contribution in [0.3, 0.4) is 0 Å². The second kappa shape index (κ2) is 6.87. The summed E-state index contributed by atoms with van der Waals surface area (Å²) >= 11 is 1.60. The van der Waals surface area contributed by atoms with Crippen LogP contribution in [0.15, 0.2) is 17.5 Å². The Hall–Kier alpha value is -0.950. The van der Waals surface area contributed by atoms with E-state index in [1.807, 2.05) is 17.5 Å². The number of hydrogen-bond acceptors (Lipinski definition) is 5. The lowest BCUT2D eigenvalue weighted by atomic mass is 10.2. The van der Waals surface area contributed by atoms with Gasteiger partial charge >= 0.3 is 0 Å². The Balaban J connectivity index is 1.37. The molecule has 0 aromatic carbocycles. The van der Waals surface area contributed by atoms with Crippen LogP contribution in [-0.2, 0) is 4.79 Å². The van der Waals surface area contributed by atoms with E-state index in [0.717, 1.165) is 43.9 Å². The number of amides is 1. The van der Waals surface area contributed by atoms with Crippen molar-refractivity contribution >= 4 is 17.2 Å². The highest BCUT2D eigenvalue weighted by Crippen LogP contribution is 2.20. The molecule has 1 aliphatic carbocycles. The number of hydrogen-bond donors (Lipinski definition) is 2. The summed E-state index contributed by atoms with van der Waals surface area (Å²) in [6.45, 7) is 4.82. The zero-order valence-corrected chi connectivity index (χ0v) is 13.0. The first kappa shape index (κ1) is 15.0. The molecular formula is C15H23N3O2S. The van der Waals surface area contributed by atoms with Crippen LogP contribution < -0.4 is 5.32 Å². The van der Waals surface area contributed by atoms with E-state index >= 15 is 0 Å². The lowest BCUT2D eigenvalue weighted by Gasteiger charge is -2.35. The minimum Gasteiger partial charge on any atom is -0.386 e. The van der Waals surface area contributed by atoms with Crippen molar-refractivity contribution < 1.29 is 9.90 Å². The van der Waals surface area contributed by atoms with Crippen molar-refractivity contribution in [3.63, 3.8) is 0 Å². The van der Waals surface area contributed by atoms with Crippen molar-refractivity contribution in [2.24, 2.45) is 0 Å². The average molecular weight is 309 g/mol. The average Bonchev–Trinajstić information content (AvgIpc) is 3.10. The van der Waals surface area contributed by atoms with Gasteiger partial charge < -0.3 is 10.4 Å². The van der Waals surface area contributed by atoms with Crippen LogP contribution in [0.1, 0.15) is 23.8 Å². The lowest BCUT2D eigenvalue weighted by molar-refractivity contribution is -0.122. The summed E-state index contributed by atoms with van der Waals surface area (Å²) in [7, 11) is 0. The molecule has 2 aliphatic rings. The molecule has 2 N–H and O–H groups in total. The van der Waals surface area contributed by atoms with Crippen LogP contribution in [0.2, 0.25) is 0 Å². The van der Waals surface area contributed by atoms with E-state index in [0.29, 0.717) is 19.1 Å². The molecule has 0 bridgehead atoms. The number of aliphatic hydroxyl groups excluding tert-OH is 1. The third-order valence-electron chi connectivity index (χ3n) is 4.08. The van der Waals surface area contributed by atoms with Crippen molar-refractivity contribution in [1.29, 1.82) is 0 Å². The Bertz CT molecular complexity index is 453. The van der Waals surface area contributed by atoms with Gasteiger partial charge in [0, 0.05) is 43.6 Å². The van der Waals surface area contributed by atoms with Gasteiger partial charge in [-0.1, -0.05) is 6.07 Å². The van der Waals surface area contributed by atoms with Gasteiger partial charge in [0.2, 0.25) is 5.91 Å². The molecule has 5 nitrogen and oxygen atoms in total. The van der Waals surface area contributed by atoms with Crippen molar-refractivity contribution in [1.82, 2.24) is 15.1 Å². The molecule has 1 aromatic heterocycles. The predicted octanol–water partition coefficient (Wildman–Crippen LogP) is 0.678. The molecule has 21 heavy (non-hydrogen) atoms. The molecule has 2 heterocycles. The van der Waals surface area contributed by atoms with Crippen LogP contribution in [0, 0.1) is 0 Å². The van der Waals surface area contributed by atoms with E-state index in [1.165, 1.54) is 0 Å². The fourth-order valence-corrected chi connectivity index (χ4v) is 3.35. The van der Waals surface area contributed by atoms with Gasteiger partial charge in [0.1, 0.15) is 6.10 Å². The third-order valence-corrected chi connectivity index (χ3v) is 5.05. The number of rotatable bonds is 6. The molecule has 1 aliphatic heterocycles. The van der Waals surface area contributed by atoms with Gasteiger partial charge in [-0.25, -0.2) is 0 Å². The van der Waals surface area contributed by atoms with Crippen molar-refractivity contribution in [2.45, 2.75) is 25.0 Å². The first-order chi connectivity index (χ1) is 10.2. The van der Waals surface area contributed by atoms with Gasteiger partial charge in [-0.05, 0) is 24.3 Å². The Kier molecular flexibility index (Phi) is 4.90. The van der Waals surface area contributed by atoms with Gasteiger partial charge in [-0.3, -0.25) is 14.6 Å². The molecule has 1 saturated carbocycles. The van der Waals surface area contributed by atoms with E-state index < -0.39 is 6.10 Å². The molecule has 1 amide bonds. The number of β-amino-alcohol motifs (C(OH)–C–C–N with tert-alkyl or cyclic N) is 1. The summed E-state index contributed by atoms with van der Waals surface area (Å²) < 4.78 is 0. The Morgan fingerprint density at radius 3 is 2.67 bits per heavy atom. The normalized spacial score (nSPS) is 22.1. The van der Waals surface area contributed by atoms with Crippen molar-refractivity contribution in [2.75, 3.05) is 39.3 Å². The summed E-state index contributed by atoms with van der Waals surface area (Å²) in [5, 5.41) is 15.2. The maximum Gasteiger partial charge on any atom is 0.234 e. The molecule has 1 aromatic rings. The SMILES string of the molecule is O=C(CN1CCN(C[C@@H](O)c2cccs2)CC1)NC1CC1. The standard InChI is InChI=1S/C15H23N3O2S/c19-13(14-2-1-9-21-14)10-17-5-7-18(8-6-17)11-15(20)16-12-3-4-12/h1-2,9,12-13,19H,3-8,10-11H2,(H,16,20)/t13-/m1/s1. The van der Waals surface area contributed by atoms with Crippen LogP contribution in [0.4, 0.5) is 0 Å². The van der Waals surface area contributed by atoms with Gasteiger partial charge in [-0.2, -0.15) is 0 Å². The topological polar surface area (TPSA) is 55.8 Å². The molecular weight excluding hydrogens is 286 g/mol. The Labute approximate surface area is 129 Å². The quantitative estimate of drug-likeness (QED) is 0.811. The summed E-state index contributed by atoms with van der Waals surface area (Å²) in [4.78, 5) is 17.3. The highest BCUT2D eigenvalue weighted by atomic mass is 32.1. The molecule has 1 saturated heterocycles. The molecule has 0 unspecified atom stereocenters. The van der Waals surface area contributed by atoms with Gasteiger partial charge in [0.15, 0.2) is 0 Å². The Morgan fingerprint density at radius 1 is 1.33 bits per heavy atom. The third kappa shape index (κ3) is 4.51. The second-order valence-electron chi connectivity index (χ2n) is 5.95. The molecule has 0 radical (unpaired) electrons. The molecule has 1 atom stereocenters. The van der Waals surface area contributed by atoms with E-state index in [1.54, 1.807) is 11.3 Å². The van der Waals surface area contributed by atoms with Gasteiger partial charge in [0.05, 0.1) is 6.54 Å². The first-order valence-electron chi connectivity index (χ1n) is 7.66. The Morgan fingerprint density at radius 2 is 2.05 bits per heavy atom. The summed E-state index contributed by atoms with van der Waals surface area (Å²) in [6.07, 6.45) is 1.88. The number of nitrogens with zero attached hydrogens (tertiary/aromatic N) is 2. The second-order valence-corrected chi connectivity index (χ2v) is 6.93. The van der Waals surface area contributed by atoms with E-state index in [4.69, 9.17) is 0 Å². The van der Waals surface area contributed by atoms with Crippen LogP contribution >= 0.6 is 11.3 Å². The highest BCUT2D eigenvalue weighted by molar-refractivity contribution is 7.10. The predicted molar refractivity (Wildman–Crippen MR) is 83.3 cm³/mol. The minimum atomic E-state index is -0.394. The van der Waals surface area contributed by atoms with E-state index in [9.17, 15) is 9.90 Å². The fraction of sp³-hybridized carbons (Fsp3) is 0.667. The zero-order valence-electron chi connectivity index (χ0n) is 12.2. The minimum absolute atomic E-state index is 0.157. The van der Waals surface area contributed by atoms with Gasteiger partial charge in [-0.15, -0.1) is 11.3 Å².